The van der Waals surface area contributed by atoms with Crippen molar-refractivity contribution in [2.45, 2.75) is 51.1 Å². The minimum atomic E-state index is 0.643. The molecule has 1 aromatic heterocycles. The summed E-state index contributed by atoms with van der Waals surface area (Å²) < 4.78 is 0. The number of nitrogen functional groups attached to an aromatic ring is 1. The maximum atomic E-state index is 5.77. The molecule has 0 radical (unpaired) electrons. The van der Waals surface area contributed by atoms with Crippen LogP contribution in [0.15, 0.2) is 18.2 Å². The Hall–Kier alpha value is -1.09. The van der Waals surface area contributed by atoms with Gasteiger partial charge in [0.15, 0.2) is 0 Å². The van der Waals surface area contributed by atoms with E-state index in [0.717, 1.165) is 24.2 Å². The van der Waals surface area contributed by atoms with Gasteiger partial charge in [-0.15, -0.1) is 0 Å². The lowest BCUT2D eigenvalue weighted by Gasteiger charge is -2.44. The summed E-state index contributed by atoms with van der Waals surface area (Å²) in [6, 6.07) is 6.78. The van der Waals surface area contributed by atoms with Gasteiger partial charge in [0, 0.05) is 12.6 Å². The summed E-state index contributed by atoms with van der Waals surface area (Å²) in [4.78, 5) is 7.09. The highest BCUT2D eigenvalue weighted by Crippen LogP contribution is 2.35. The Balaban J connectivity index is 1.71. The first-order chi connectivity index (χ1) is 8.83. The van der Waals surface area contributed by atoms with Crippen LogP contribution in [0, 0.1) is 5.92 Å². The van der Waals surface area contributed by atoms with Crippen molar-refractivity contribution in [2.75, 3.05) is 12.3 Å². The summed E-state index contributed by atoms with van der Waals surface area (Å²) >= 11 is 0. The molecule has 2 atom stereocenters. The molecule has 0 aromatic carbocycles. The summed E-state index contributed by atoms with van der Waals surface area (Å²) in [7, 11) is 0. The number of piperidine rings is 1. The number of nitrogens with zero attached hydrogens (tertiary/aromatic N) is 2. The molecule has 0 bridgehead atoms. The van der Waals surface area contributed by atoms with E-state index < -0.39 is 0 Å². The van der Waals surface area contributed by atoms with Crippen LogP contribution in [0.5, 0.6) is 0 Å². The van der Waals surface area contributed by atoms with Gasteiger partial charge in [-0.3, -0.25) is 4.90 Å². The fourth-order valence-corrected chi connectivity index (χ4v) is 3.72. The third-order valence-corrected chi connectivity index (χ3v) is 4.55. The molecule has 3 heteroatoms. The van der Waals surface area contributed by atoms with Crippen LogP contribution in [0.2, 0.25) is 0 Å². The number of hydrogen-bond donors (Lipinski definition) is 1. The van der Waals surface area contributed by atoms with Gasteiger partial charge in [-0.1, -0.05) is 18.9 Å². The lowest BCUT2D eigenvalue weighted by atomic mass is 9.78. The van der Waals surface area contributed by atoms with Crippen molar-refractivity contribution in [3.8, 4) is 0 Å². The number of nitrogens with two attached hydrogens (primary N) is 1. The van der Waals surface area contributed by atoms with Crippen LogP contribution in [0.3, 0.4) is 0 Å². The van der Waals surface area contributed by atoms with Crippen LogP contribution in [0.1, 0.15) is 44.2 Å². The van der Waals surface area contributed by atoms with Gasteiger partial charge in [-0.2, -0.15) is 0 Å². The lowest BCUT2D eigenvalue weighted by molar-refractivity contribution is 0.0538. The Morgan fingerprint density at radius 2 is 2.00 bits per heavy atom. The Bertz CT molecular complexity index is 402. The highest BCUT2D eigenvalue weighted by Gasteiger charge is 2.33. The van der Waals surface area contributed by atoms with Gasteiger partial charge >= 0.3 is 0 Å². The van der Waals surface area contributed by atoms with E-state index in [1.807, 2.05) is 12.1 Å². The quantitative estimate of drug-likeness (QED) is 0.871. The zero-order valence-corrected chi connectivity index (χ0v) is 11.0. The third-order valence-electron chi connectivity index (χ3n) is 4.55. The van der Waals surface area contributed by atoms with Crippen molar-refractivity contribution in [1.29, 1.82) is 0 Å². The smallest absolute Gasteiger partial charge is 0.123 e. The molecule has 3 rings (SSSR count). The molecule has 1 saturated carbocycles. The summed E-state index contributed by atoms with van der Waals surface area (Å²) in [6.45, 7) is 2.21. The van der Waals surface area contributed by atoms with Gasteiger partial charge in [-0.25, -0.2) is 4.98 Å². The first-order valence-electron chi connectivity index (χ1n) is 7.28. The monoisotopic (exact) mass is 245 g/mol. The number of hydrogen-bond acceptors (Lipinski definition) is 3. The van der Waals surface area contributed by atoms with E-state index in [0.29, 0.717) is 5.82 Å². The number of aromatic nitrogens is 1. The minimum absolute atomic E-state index is 0.643. The van der Waals surface area contributed by atoms with Crippen molar-refractivity contribution >= 4 is 5.82 Å². The number of anilines is 1. The fraction of sp³-hybridized carbons (Fsp3) is 0.667. The van der Waals surface area contributed by atoms with Crippen molar-refractivity contribution < 1.29 is 0 Å². The molecule has 0 amide bonds. The SMILES string of the molecule is Nc1cccc(CN2CCCC3CCCCC32)n1. The summed E-state index contributed by atoms with van der Waals surface area (Å²) in [5.74, 6) is 1.58. The standard InChI is InChI=1S/C15H23N3/c16-15-9-3-7-13(17-15)11-18-10-4-6-12-5-1-2-8-14(12)18/h3,7,9,12,14H,1-2,4-6,8,10-11H2,(H2,16,17). The van der Waals surface area contributed by atoms with Gasteiger partial charge in [0.05, 0.1) is 5.69 Å². The maximum Gasteiger partial charge on any atom is 0.123 e. The van der Waals surface area contributed by atoms with Gasteiger partial charge in [0.1, 0.15) is 5.82 Å². The molecule has 0 spiro atoms. The molecule has 1 aliphatic heterocycles. The van der Waals surface area contributed by atoms with E-state index >= 15 is 0 Å². The molecule has 2 unspecified atom stereocenters. The van der Waals surface area contributed by atoms with Crippen LogP contribution in [-0.4, -0.2) is 22.5 Å². The molecule has 18 heavy (non-hydrogen) atoms. The Labute approximate surface area is 109 Å². The Morgan fingerprint density at radius 1 is 1.17 bits per heavy atom. The van der Waals surface area contributed by atoms with Crippen LogP contribution >= 0.6 is 0 Å². The van der Waals surface area contributed by atoms with Gasteiger partial charge < -0.3 is 5.73 Å². The first kappa shape index (κ1) is 12.0. The second-order valence-corrected chi connectivity index (χ2v) is 5.78. The first-order valence-corrected chi connectivity index (χ1v) is 7.28. The van der Waals surface area contributed by atoms with Gasteiger partial charge in [0.25, 0.3) is 0 Å². The second kappa shape index (κ2) is 5.27. The maximum absolute atomic E-state index is 5.77. The third kappa shape index (κ3) is 2.51. The largest absolute Gasteiger partial charge is 0.384 e. The van der Waals surface area contributed by atoms with Gasteiger partial charge in [-0.05, 0) is 50.3 Å². The predicted molar refractivity (Wildman–Crippen MR) is 74.0 cm³/mol. The zero-order valence-electron chi connectivity index (χ0n) is 11.0. The van der Waals surface area contributed by atoms with Crippen LogP contribution < -0.4 is 5.73 Å². The molecule has 98 valence electrons. The summed E-state index contributed by atoms with van der Waals surface area (Å²) in [6.07, 6.45) is 8.45. The Kier molecular flexibility index (Phi) is 3.50. The highest BCUT2D eigenvalue weighted by atomic mass is 15.2. The fourth-order valence-electron chi connectivity index (χ4n) is 3.72. The van der Waals surface area contributed by atoms with Crippen LogP contribution in [-0.2, 0) is 6.54 Å². The topological polar surface area (TPSA) is 42.1 Å². The summed E-state index contributed by atoms with van der Waals surface area (Å²) in [5, 5.41) is 0. The van der Waals surface area contributed by atoms with Crippen molar-refractivity contribution in [1.82, 2.24) is 9.88 Å². The highest BCUT2D eigenvalue weighted by molar-refractivity contribution is 5.28. The molecule has 3 nitrogen and oxygen atoms in total. The Morgan fingerprint density at radius 3 is 2.89 bits per heavy atom. The van der Waals surface area contributed by atoms with Crippen molar-refractivity contribution in [3.05, 3.63) is 23.9 Å². The molecule has 2 aliphatic rings. The van der Waals surface area contributed by atoms with Gasteiger partial charge in [0.2, 0.25) is 0 Å². The molecular weight excluding hydrogens is 222 g/mol. The molecule has 1 aliphatic carbocycles. The second-order valence-electron chi connectivity index (χ2n) is 5.78. The van der Waals surface area contributed by atoms with Crippen LogP contribution in [0.25, 0.3) is 0 Å². The van der Waals surface area contributed by atoms with Crippen molar-refractivity contribution in [2.24, 2.45) is 5.92 Å². The van der Waals surface area contributed by atoms with E-state index in [-0.39, 0.29) is 0 Å². The zero-order chi connectivity index (χ0) is 12.4. The molecule has 2 heterocycles. The van der Waals surface area contributed by atoms with E-state index in [4.69, 9.17) is 5.73 Å². The number of likely N-dealkylation sites (tertiary alicyclic amines) is 1. The molecule has 2 fully saturated rings. The normalized spacial score (nSPS) is 28.9. The average Bonchev–Trinajstić information content (AvgIpc) is 2.39. The van der Waals surface area contributed by atoms with Crippen molar-refractivity contribution in [3.63, 3.8) is 0 Å². The number of fused-ring (bicyclic) bond motifs is 1. The molecular formula is C15H23N3. The van der Waals surface area contributed by atoms with E-state index in [1.165, 1.54) is 45.1 Å². The molecule has 1 saturated heterocycles. The van der Waals surface area contributed by atoms with E-state index in [1.54, 1.807) is 0 Å². The number of pyridine rings is 1. The lowest BCUT2D eigenvalue weighted by Crippen LogP contribution is -2.46. The predicted octanol–water partition coefficient (Wildman–Crippen LogP) is 2.82. The van der Waals surface area contributed by atoms with E-state index in [9.17, 15) is 0 Å². The van der Waals surface area contributed by atoms with E-state index in [2.05, 4.69) is 16.0 Å². The average molecular weight is 245 g/mol. The minimum Gasteiger partial charge on any atom is -0.384 e. The number of rotatable bonds is 2. The molecule has 1 aromatic rings. The van der Waals surface area contributed by atoms with Crippen LogP contribution in [0.4, 0.5) is 5.82 Å². The molecule has 2 N–H and O–H groups in total. The summed E-state index contributed by atoms with van der Waals surface area (Å²) in [5.41, 5.74) is 6.89.